The molecule has 0 aliphatic heterocycles. The smallest absolute Gasteiger partial charge is 0.151 e. The van der Waals surface area contributed by atoms with Gasteiger partial charge in [0.2, 0.25) is 0 Å². The van der Waals surface area contributed by atoms with E-state index in [9.17, 15) is 5.11 Å². The van der Waals surface area contributed by atoms with Crippen molar-refractivity contribution in [3.05, 3.63) is 52.9 Å². The number of halogens is 1. The van der Waals surface area contributed by atoms with Crippen LogP contribution in [0.15, 0.2) is 41.4 Å². The maximum atomic E-state index is 9.49. The molecule has 1 unspecified atom stereocenters. The van der Waals surface area contributed by atoms with Crippen LogP contribution < -0.4 is 0 Å². The van der Waals surface area contributed by atoms with Crippen molar-refractivity contribution in [3.8, 4) is 0 Å². The fraction of sp³-hybridized carbons (Fsp3) is 0.286. The predicted molar refractivity (Wildman–Crippen MR) is 79.6 cm³/mol. The molecule has 0 aliphatic carbocycles. The van der Waals surface area contributed by atoms with Gasteiger partial charge in [-0.05, 0) is 35.0 Å². The lowest BCUT2D eigenvalue weighted by Gasteiger charge is -2.07. The summed E-state index contributed by atoms with van der Waals surface area (Å²) in [6.45, 7) is 2.41. The third-order valence-electron chi connectivity index (χ3n) is 3.10. The first-order valence-corrected chi connectivity index (χ1v) is 7.23. The average molecular weight is 335 g/mol. The lowest BCUT2D eigenvalue weighted by molar-refractivity contribution is 0.191. The second-order valence-electron chi connectivity index (χ2n) is 4.84. The van der Waals surface area contributed by atoms with Gasteiger partial charge in [0, 0.05) is 31.2 Å². The average Bonchev–Trinajstić information content (AvgIpc) is 2.97. The molecule has 0 radical (unpaired) electrons. The summed E-state index contributed by atoms with van der Waals surface area (Å²) in [5.41, 5.74) is 1.86. The van der Waals surface area contributed by atoms with Crippen molar-refractivity contribution in [1.82, 2.24) is 18.9 Å². The van der Waals surface area contributed by atoms with E-state index < -0.39 is 6.10 Å². The van der Waals surface area contributed by atoms with Gasteiger partial charge in [0.25, 0.3) is 0 Å². The molecule has 3 heterocycles. The van der Waals surface area contributed by atoms with E-state index in [2.05, 4.69) is 25.9 Å². The van der Waals surface area contributed by atoms with Crippen LogP contribution in [-0.2, 0) is 13.0 Å². The van der Waals surface area contributed by atoms with E-state index >= 15 is 0 Å². The number of nitrogens with zero attached hydrogens (tertiary/aromatic N) is 4. The van der Waals surface area contributed by atoms with E-state index in [0.717, 1.165) is 21.6 Å². The highest BCUT2D eigenvalue weighted by Crippen LogP contribution is 2.17. The van der Waals surface area contributed by atoms with Gasteiger partial charge in [0.15, 0.2) is 5.65 Å². The maximum Gasteiger partial charge on any atom is 0.151 e. The van der Waals surface area contributed by atoms with Crippen LogP contribution in [0.2, 0.25) is 0 Å². The Hall–Kier alpha value is -1.66. The van der Waals surface area contributed by atoms with Crippen molar-refractivity contribution >= 4 is 21.6 Å². The number of imidazole rings is 2. The van der Waals surface area contributed by atoms with Crippen LogP contribution in [0, 0.1) is 0 Å². The molecule has 0 bridgehead atoms. The number of aliphatic hydroxyl groups excluding tert-OH is 1. The highest BCUT2D eigenvalue weighted by molar-refractivity contribution is 9.10. The molecule has 5 nitrogen and oxygen atoms in total. The molecular weight excluding hydrogens is 320 g/mol. The van der Waals surface area contributed by atoms with E-state index in [0.29, 0.717) is 13.0 Å². The van der Waals surface area contributed by atoms with E-state index in [1.54, 1.807) is 13.1 Å². The van der Waals surface area contributed by atoms with Crippen molar-refractivity contribution < 1.29 is 5.11 Å². The number of fused-ring (bicyclic) bond motifs is 1. The fourth-order valence-electron chi connectivity index (χ4n) is 2.22. The van der Waals surface area contributed by atoms with Gasteiger partial charge in [-0.3, -0.25) is 0 Å². The van der Waals surface area contributed by atoms with Crippen LogP contribution in [0.5, 0.6) is 0 Å². The third-order valence-corrected chi connectivity index (χ3v) is 3.72. The summed E-state index contributed by atoms with van der Waals surface area (Å²) in [6, 6.07) is 3.95. The minimum atomic E-state index is -0.397. The molecule has 3 aromatic rings. The SMILES string of the molecule is CC(O)Cc1nccn1Cc1cn2cccc(Br)c2n1. The van der Waals surface area contributed by atoms with E-state index in [1.807, 2.05) is 39.7 Å². The minimum absolute atomic E-state index is 0.397. The molecule has 0 aliphatic rings. The Morgan fingerprint density at radius 3 is 3.00 bits per heavy atom. The number of rotatable bonds is 4. The van der Waals surface area contributed by atoms with Gasteiger partial charge in [-0.2, -0.15) is 0 Å². The van der Waals surface area contributed by atoms with Gasteiger partial charge in [0.1, 0.15) is 5.82 Å². The third kappa shape index (κ3) is 2.62. The van der Waals surface area contributed by atoms with E-state index in [-0.39, 0.29) is 0 Å². The minimum Gasteiger partial charge on any atom is -0.393 e. The molecule has 0 aromatic carbocycles. The lowest BCUT2D eigenvalue weighted by atomic mass is 10.3. The quantitative estimate of drug-likeness (QED) is 0.796. The van der Waals surface area contributed by atoms with Gasteiger partial charge in [-0.25, -0.2) is 9.97 Å². The van der Waals surface area contributed by atoms with Crippen molar-refractivity contribution in [2.24, 2.45) is 0 Å². The zero-order valence-corrected chi connectivity index (χ0v) is 12.7. The molecule has 104 valence electrons. The molecular formula is C14H15BrN4O. The first kappa shape index (κ1) is 13.3. The summed E-state index contributed by atoms with van der Waals surface area (Å²) in [6.07, 6.45) is 7.80. The van der Waals surface area contributed by atoms with Crippen LogP contribution in [0.3, 0.4) is 0 Å². The Labute approximate surface area is 125 Å². The van der Waals surface area contributed by atoms with Crippen molar-refractivity contribution in [2.45, 2.75) is 26.0 Å². The number of pyridine rings is 1. The van der Waals surface area contributed by atoms with Gasteiger partial charge in [-0.1, -0.05) is 0 Å². The molecule has 3 rings (SSSR count). The molecule has 1 N–H and O–H groups in total. The summed E-state index contributed by atoms with van der Waals surface area (Å²) < 4.78 is 4.98. The van der Waals surface area contributed by atoms with Gasteiger partial charge in [-0.15, -0.1) is 0 Å². The number of hydrogen-bond donors (Lipinski definition) is 1. The first-order valence-electron chi connectivity index (χ1n) is 6.43. The Kier molecular flexibility index (Phi) is 3.58. The molecule has 0 saturated carbocycles. The standard InChI is InChI=1S/C14H15BrN4O/c1-10(20)7-13-16-4-6-18(13)8-11-9-19-5-2-3-12(15)14(19)17-11/h2-6,9-10,20H,7-8H2,1H3. The normalized spacial score (nSPS) is 12.9. The lowest BCUT2D eigenvalue weighted by Crippen LogP contribution is -2.11. The second-order valence-corrected chi connectivity index (χ2v) is 5.70. The molecule has 0 saturated heterocycles. The summed E-state index contributed by atoms with van der Waals surface area (Å²) in [4.78, 5) is 8.90. The van der Waals surface area contributed by atoms with Crippen molar-refractivity contribution in [1.29, 1.82) is 0 Å². The van der Waals surface area contributed by atoms with Crippen molar-refractivity contribution in [3.63, 3.8) is 0 Å². The van der Waals surface area contributed by atoms with E-state index in [1.165, 1.54) is 0 Å². The number of aromatic nitrogens is 4. The van der Waals surface area contributed by atoms with Crippen LogP contribution in [-0.4, -0.2) is 30.1 Å². The highest BCUT2D eigenvalue weighted by atomic mass is 79.9. The number of hydrogen-bond acceptors (Lipinski definition) is 3. The zero-order chi connectivity index (χ0) is 14.1. The Balaban J connectivity index is 1.90. The molecule has 0 amide bonds. The predicted octanol–water partition coefficient (Wildman–Crippen LogP) is 2.26. The molecule has 3 aromatic heterocycles. The Morgan fingerprint density at radius 1 is 1.40 bits per heavy atom. The van der Waals surface area contributed by atoms with E-state index in [4.69, 9.17) is 0 Å². The van der Waals surface area contributed by atoms with Gasteiger partial charge in [0.05, 0.1) is 22.8 Å². The summed E-state index contributed by atoms with van der Waals surface area (Å²) in [5, 5.41) is 9.49. The summed E-state index contributed by atoms with van der Waals surface area (Å²) >= 11 is 3.50. The van der Waals surface area contributed by atoms with Gasteiger partial charge >= 0.3 is 0 Å². The monoisotopic (exact) mass is 334 g/mol. The topological polar surface area (TPSA) is 55.4 Å². The highest BCUT2D eigenvalue weighted by Gasteiger charge is 2.09. The van der Waals surface area contributed by atoms with Gasteiger partial charge < -0.3 is 14.1 Å². The molecule has 0 spiro atoms. The Bertz CT molecular complexity index is 732. The first-order chi connectivity index (χ1) is 9.63. The molecule has 0 fully saturated rings. The molecule has 20 heavy (non-hydrogen) atoms. The largest absolute Gasteiger partial charge is 0.393 e. The van der Waals surface area contributed by atoms with Crippen LogP contribution in [0.4, 0.5) is 0 Å². The van der Waals surface area contributed by atoms with Crippen molar-refractivity contribution in [2.75, 3.05) is 0 Å². The Morgan fingerprint density at radius 2 is 2.25 bits per heavy atom. The van der Waals surface area contributed by atoms with Crippen LogP contribution in [0.25, 0.3) is 5.65 Å². The summed E-state index contributed by atoms with van der Waals surface area (Å²) in [5.74, 6) is 0.871. The van der Waals surface area contributed by atoms with Crippen LogP contribution in [0.1, 0.15) is 18.4 Å². The molecule has 6 heteroatoms. The molecule has 1 atom stereocenters. The summed E-state index contributed by atoms with van der Waals surface area (Å²) in [7, 11) is 0. The number of aliphatic hydroxyl groups is 1. The zero-order valence-electron chi connectivity index (χ0n) is 11.1. The fourth-order valence-corrected chi connectivity index (χ4v) is 2.66. The second kappa shape index (κ2) is 5.38. The van der Waals surface area contributed by atoms with Crippen LogP contribution >= 0.6 is 15.9 Å². The maximum absolute atomic E-state index is 9.49.